The van der Waals surface area contributed by atoms with Gasteiger partial charge in [0.25, 0.3) is 0 Å². The van der Waals surface area contributed by atoms with Crippen LogP contribution in [-0.2, 0) is 15.0 Å². The number of piperidine rings is 1. The number of hydrogen-bond donors (Lipinski definition) is 0. The number of amides is 2. The van der Waals surface area contributed by atoms with Crippen molar-refractivity contribution < 1.29 is 9.59 Å². The van der Waals surface area contributed by atoms with Crippen LogP contribution in [0, 0.1) is 11.8 Å². The molecule has 0 aromatic heterocycles. The second-order valence-corrected chi connectivity index (χ2v) is 8.09. The first-order chi connectivity index (χ1) is 12.1. The maximum Gasteiger partial charge on any atom is 0.233 e. The van der Waals surface area contributed by atoms with Crippen molar-refractivity contribution in [1.29, 1.82) is 0 Å². The molecule has 0 spiro atoms. The molecule has 4 rings (SSSR count). The monoisotopic (exact) mass is 340 g/mol. The Bertz CT molecular complexity index is 645. The highest BCUT2D eigenvalue weighted by molar-refractivity contribution is 5.91. The Morgan fingerprint density at radius 2 is 1.52 bits per heavy atom. The van der Waals surface area contributed by atoms with Crippen LogP contribution in [-0.4, -0.2) is 47.8 Å². The van der Waals surface area contributed by atoms with Gasteiger partial charge in [-0.15, -0.1) is 0 Å². The normalized spacial score (nSPS) is 25.9. The van der Waals surface area contributed by atoms with E-state index in [2.05, 4.69) is 17.0 Å². The average molecular weight is 340 g/mol. The number of carbonyl (C=O) groups excluding carboxylic acids is 2. The van der Waals surface area contributed by atoms with Crippen molar-refractivity contribution in [3.63, 3.8) is 0 Å². The summed E-state index contributed by atoms with van der Waals surface area (Å²) in [6, 6.07) is 10.3. The molecule has 0 bridgehead atoms. The fourth-order valence-corrected chi connectivity index (χ4v) is 4.85. The summed E-state index contributed by atoms with van der Waals surface area (Å²) >= 11 is 0. The Morgan fingerprint density at radius 1 is 0.920 bits per heavy atom. The summed E-state index contributed by atoms with van der Waals surface area (Å²) in [5.74, 6) is 1.83. The lowest BCUT2D eigenvalue weighted by atomic mass is 9.83. The zero-order valence-corrected chi connectivity index (χ0v) is 15.1. The lowest BCUT2D eigenvalue weighted by molar-refractivity contribution is -0.133. The molecule has 2 amide bonds. The topological polar surface area (TPSA) is 40.6 Å². The van der Waals surface area contributed by atoms with E-state index in [1.54, 1.807) is 6.92 Å². The van der Waals surface area contributed by atoms with Crippen LogP contribution in [0.2, 0.25) is 0 Å². The second-order valence-electron chi connectivity index (χ2n) is 8.09. The minimum absolute atomic E-state index is 0.195. The van der Waals surface area contributed by atoms with Gasteiger partial charge in [0.2, 0.25) is 11.8 Å². The van der Waals surface area contributed by atoms with Crippen LogP contribution in [0.4, 0.5) is 0 Å². The van der Waals surface area contributed by atoms with E-state index in [0.29, 0.717) is 17.7 Å². The SMILES string of the molecule is CC(=O)N1CCC(C2CCN(C(=O)C3(c4ccccc4)CC3)C2)CC1. The van der Waals surface area contributed by atoms with Gasteiger partial charge in [0.15, 0.2) is 0 Å². The smallest absolute Gasteiger partial charge is 0.233 e. The first-order valence-electron chi connectivity index (χ1n) is 9.70. The van der Waals surface area contributed by atoms with Crippen LogP contribution in [0.25, 0.3) is 0 Å². The number of likely N-dealkylation sites (tertiary alicyclic amines) is 2. The predicted octanol–water partition coefficient (Wildman–Crippen LogP) is 2.83. The molecule has 1 unspecified atom stereocenters. The van der Waals surface area contributed by atoms with Gasteiger partial charge in [-0.2, -0.15) is 0 Å². The number of hydrogen-bond acceptors (Lipinski definition) is 2. The molecule has 4 nitrogen and oxygen atoms in total. The van der Waals surface area contributed by atoms with Gasteiger partial charge in [0, 0.05) is 33.1 Å². The Morgan fingerprint density at radius 3 is 2.12 bits per heavy atom. The minimum Gasteiger partial charge on any atom is -0.343 e. The highest BCUT2D eigenvalue weighted by Gasteiger charge is 2.53. The van der Waals surface area contributed by atoms with Crippen LogP contribution < -0.4 is 0 Å². The quantitative estimate of drug-likeness (QED) is 0.849. The van der Waals surface area contributed by atoms with Gasteiger partial charge in [-0.1, -0.05) is 30.3 Å². The molecule has 25 heavy (non-hydrogen) atoms. The molecular formula is C21H28N2O2. The zero-order valence-electron chi connectivity index (χ0n) is 15.1. The van der Waals surface area contributed by atoms with Crippen LogP contribution in [0.15, 0.2) is 30.3 Å². The summed E-state index contributed by atoms with van der Waals surface area (Å²) in [6.07, 6.45) is 5.30. The Labute approximate surface area is 150 Å². The van der Waals surface area contributed by atoms with Crippen LogP contribution >= 0.6 is 0 Å². The Hall–Kier alpha value is -1.84. The van der Waals surface area contributed by atoms with Crippen LogP contribution in [0.5, 0.6) is 0 Å². The number of carbonyl (C=O) groups is 2. The molecule has 1 atom stereocenters. The van der Waals surface area contributed by atoms with Crippen molar-refractivity contribution in [2.45, 2.75) is 44.4 Å². The fourth-order valence-electron chi connectivity index (χ4n) is 4.85. The van der Waals surface area contributed by atoms with Crippen molar-refractivity contribution in [2.24, 2.45) is 11.8 Å². The van der Waals surface area contributed by atoms with Crippen molar-refractivity contribution in [2.75, 3.05) is 26.2 Å². The highest BCUT2D eigenvalue weighted by Crippen LogP contribution is 2.50. The first kappa shape index (κ1) is 16.6. The number of rotatable bonds is 3. The summed E-state index contributed by atoms with van der Waals surface area (Å²) in [5.41, 5.74) is 0.965. The van der Waals surface area contributed by atoms with E-state index >= 15 is 0 Å². The predicted molar refractivity (Wildman–Crippen MR) is 97.0 cm³/mol. The van der Waals surface area contributed by atoms with Crippen LogP contribution in [0.3, 0.4) is 0 Å². The van der Waals surface area contributed by atoms with E-state index in [4.69, 9.17) is 0 Å². The van der Waals surface area contributed by atoms with Crippen molar-refractivity contribution in [3.8, 4) is 0 Å². The van der Waals surface area contributed by atoms with Gasteiger partial charge in [-0.25, -0.2) is 0 Å². The molecule has 0 N–H and O–H groups in total. The minimum atomic E-state index is -0.228. The molecular weight excluding hydrogens is 312 g/mol. The molecule has 1 saturated carbocycles. The molecule has 1 aliphatic carbocycles. The van der Waals surface area contributed by atoms with E-state index in [0.717, 1.165) is 58.3 Å². The molecule has 134 valence electrons. The summed E-state index contributed by atoms with van der Waals surface area (Å²) in [5, 5.41) is 0. The van der Waals surface area contributed by atoms with Gasteiger partial charge >= 0.3 is 0 Å². The number of benzene rings is 1. The summed E-state index contributed by atoms with van der Waals surface area (Å²) in [6.45, 7) is 5.26. The molecule has 1 aromatic carbocycles. The third-order valence-corrected chi connectivity index (χ3v) is 6.65. The lowest BCUT2D eigenvalue weighted by Gasteiger charge is -2.34. The Balaban J connectivity index is 1.37. The summed E-state index contributed by atoms with van der Waals surface area (Å²) in [4.78, 5) is 28.8. The standard InChI is InChI=1S/C21H28N2O2/c1-16(24)22-12-7-17(8-13-22)18-9-14-23(15-18)20(25)21(10-11-21)19-5-3-2-4-6-19/h2-6,17-18H,7-15H2,1H3. The van der Waals surface area contributed by atoms with Crippen molar-refractivity contribution in [1.82, 2.24) is 9.80 Å². The van der Waals surface area contributed by atoms with E-state index in [1.807, 2.05) is 23.1 Å². The van der Waals surface area contributed by atoms with E-state index in [9.17, 15) is 9.59 Å². The molecule has 3 aliphatic rings. The van der Waals surface area contributed by atoms with Crippen molar-refractivity contribution >= 4 is 11.8 Å². The molecule has 1 aromatic rings. The van der Waals surface area contributed by atoms with E-state index in [1.165, 1.54) is 5.56 Å². The van der Waals surface area contributed by atoms with Gasteiger partial charge in [-0.05, 0) is 49.5 Å². The third kappa shape index (κ3) is 3.07. The van der Waals surface area contributed by atoms with Gasteiger partial charge in [-0.3, -0.25) is 9.59 Å². The van der Waals surface area contributed by atoms with Gasteiger partial charge in [0.05, 0.1) is 5.41 Å². The third-order valence-electron chi connectivity index (χ3n) is 6.65. The van der Waals surface area contributed by atoms with Crippen LogP contribution in [0.1, 0.15) is 44.6 Å². The Kier molecular flexibility index (Phi) is 4.30. The molecule has 2 aliphatic heterocycles. The number of nitrogens with zero attached hydrogens (tertiary/aromatic N) is 2. The summed E-state index contributed by atoms with van der Waals surface area (Å²) in [7, 11) is 0. The molecule has 2 saturated heterocycles. The fraction of sp³-hybridized carbons (Fsp3) is 0.619. The van der Waals surface area contributed by atoms with Gasteiger partial charge in [0.1, 0.15) is 0 Å². The summed E-state index contributed by atoms with van der Waals surface area (Å²) < 4.78 is 0. The molecule has 3 fully saturated rings. The molecule has 4 heteroatoms. The van der Waals surface area contributed by atoms with E-state index < -0.39 is 0 Å². The maximum absolute atomic E-state index is 13.2. The molecule has 2 heterocycles. The lowest BCUT2D eigenvalue weighted by Crippen LogP contribution is -2.41. The maximum atomic E-state index is 13.2. The van der Waals surface area contributed by atoms with Gasteiger partial charge < -0.3 is 9.80 Å². The highest BCUT2D eigenvalue weighted by atomic mass is 16.2. The zero-order chi connectivity index (χ0) is 17.4. The second kappa shape index (κ2) is 6.47. The van der Waals surface area contributed by atoms with E-state index in [-0.39, 0.29) is 11.3 Å². The van der Waals surface area contributed by atoms with Crippen molar-refractivity contribution in [3.05, 3.63) is 35.9 Å². The molecule has 0 radical (unpaired) electrons. The largest absolute Gasteiger partial charge is 0.343 e. The first-order valence-corrected chi connectivity index (χ1v) is 9.70. The average Bonchev–Trinajstić information content (AvgIpc) is 3.32.